The van der Waals surface area contributed by atoms with Crippen LogP contribution < -0.4 is 15.4 Å². The minimum atomic E-state index is -3.99. The van der Waals surface area contributed by atoms with Crippen molar-refractivity contribution in [3.63, 3.8) is 0 Å². The van der Waals surface area contributed by atoms with E-state index in [1.165, 1.54) is 0 Å². The number of ether oxygens (including phenoxy) is 2. The predicted molar refractivity (Wildman–Crippen MR) is 161 cm³/mol. The molecule has 4 N–H and O–H groups in total. The van der Waals surface area contributed by atoms with Crippen LogP contribution in [0.4, 0.5) is 10.6 Å². The van der Waals surface area contributed by atoms with Crippen molar-refractivity contribution < 1.29 is 37.4 Å². The zero-order valence-corrected chi connectivity index (χ0v) is 24.7. The first kappa shape index (κ1) is 32.4. The lowest BCUT2D eigenvalue weighted by Crippen LogP contribution is -2.49. The molecule has 0 aliphatic carbocycles. The van der Waals surface area contributed by atoms with E-state index < -0.39 is 59.0 Å². The standard InChI is InChI=1S/C30H35N5O8S/c36-28(33-17-26(29(37)38)34-44(40,41)21-23-11-5-2-6-12-23)20-42-25-15-24(16-32-27-13-7-8-14-31-27)35(18-25)30(39)43-19-22-9-3-1-4-10-22/h1-14,24-26,34H,15-21H2,(H,31,32)(H,33,36)(H,37,38)/t24-,25?,26?/m0/s1. The van der Waals surface area contributed by atoms with Crippen molar-refractivity contribution >= 4 is 33.8 Å². The second-order valence-electron chi connectivity index (χ2n) is 10.2. The number of carbonyl (C=O) groups excluding carboxylic acids is 2. The Bertz CT molecular complexity index is 1480. The molecule has 3 atom stereocenters. The maximum Gasteiger partial charge on any atom is 0.410 e. The average Bonchev–Trinajstić information content (AvgIpc) is 3.44. The van der Waals surface area contributed by atoms with Crippen molar-refractivity contribution in [1.29, 1.82) is 0 Å². The molecule has 234 valence electrons. The number of benzene rings is 2. The molecule has 0 bridgehead atoms. The fourth-order valence-corrected chi connectivity index (χ4v) is 5.93. The molecular weight excluding hydrogens is 590 g/mol. The number of nitrogens with one attached hydrogen (secondary N) is 3. The molecule has 1 aliphatic heterocycles. The van der Waals surface area contributed by atoms with Crippen LogP contribution in [-0.4, -0.2) is 85.8 Å². The van der Waals surface area contributed by atoms with Crippen LogP contribution in [0.3, 0.4) is 0 Å². The second kappa shape index (κ2) is 15.8. The van der Waals surface area contributed by atoms with Crippen molar-refractivity contribution in [2.24, 2.45) is 0 Å². The molecule has 4 rings (SSSR count). The number of nitrogens with zero attached hydrogens (tertiary/aromatic N) is 2. The lowest BCUT2D eigenvalue weighted by atomic mass is 10.2. The smallest absolute Gasteiger partial charge is 0.410 e. The first-order chi connectivity index (χ1) is 21.2. The summed E-state index contributed by atoms with van der Waals surface area (Å²) in [7, 11) is -3.99. The highest BCUT2D eigenvalue weighted by atomic mass is 32.2. The number of aliphatic carboxylic acids is 1. The van der Waals surface area contributed by atoms with Gasteiger partial charge in [-0.1, -0.05) is 66.7 Å². The zero-order valence-electron chi connectivity index (χ0n) is 23.9. The van der Waals surface area contributed by atoms with Gasteiger partial charge in [0, 0.05) is 19.3 Å². The lowest BCUT2D eigenvalue weighted by molar-refractivity contribution is -0.139. The monoisotopic (exact) mass is 625 g/mol. The van der Waals surface area contributed by atoms with Gasteiger partial charge in [-0.25, -0.2) is 18.2 Å². The summed E-state index contributed by atoms with van der Waals surface area (Å²) in [6.07, 6.45) is 1.03. The van der Waals surface area contributed by atoms with Gasteiger partial charge in [0.15, 0.2) is 0 Å². The van der Waals surface area contributed by atoms with Gasteiger partial charge in [0.25, 0.3) is 0 Å². The van der Waals surface area contributed by atoms with Crippen molar-refractivity contribution in [1.82, 2.24) is 19.9 Å². The second-order valence-corrected chi connectivity index (χ2v) is 11.9. The van der Waals surface area contributed by atoms with Gasteiger partial charge >= 0.3 is 12.1 Å². The zero-order chi connectivity index (χ0) is 31.4. The number of carbonyl (C=O) groups is 3. The summed E-state index contributed by atoms with van der Waals surface area (Å²) in [6, 6.07) is 21.1. The van der Waals surface area contributed by atoms with Gasteiger partial charge in [0.05, 0.1) is 24.4 Å². The van der Waals surface area contributed by atoms with E-state index in [9.17, 15) is 27.9 Å². The number of hydrogen-bond acceptors (Lipinski definition) is 9. The van der Waals surface area contributed by atoms with Crippen molar-refractivity contribution in [2.75, 3.05) is 31.6 Å². The van der Waals surface area contributed by atoms with Gasteiger partial charge in [-0.2, -0.15) is 4.72 Å². The molecular formula is C30H35N5O8S. The number of anilines is 1. The third-order valence-electron chi connectivity index (χ3n) is 6.77. The quantitative estimate of drug-likeness (QED) is 0.195. The van der Waals surface area contributed by atoms with E-state index in [4.69, 9.17) is 9.47 Å². The number of hydrogen-bond donors (Lipinski definition) is 4. The van der Waals surface area contributed by atoms with E-state index in [-0.39, 0.29) is 19.2 Å². The molecule has 0 saturated carbocycles. The average molecular weight is 626 g/mol. The fraction of sp³-hybridized carbons (Fsp3) is 0.333. The number of pyridine rings is 1. The van der Waals surface area contributed by atoms with E-state index in [0.29, 0.717) is 24.3 Å². The molecule has 2 unspecified atom stereocenters. The fourth-order valence-electron chi connectivity index (χ4n) is 4.60. The maximum atomic E-state index is 13.0. The van der Waals surface area contributed by atoms with Crippen LogP contribution in [-0.2, 0) is 41.4 Å². The first-order valence-corrected chi connectivity index (χ1v) is 15.6. The van der Waals surface area contributed by atoms with Crippen LogP contribution in [0.1, 0.15) is 17.5 Å². The van der Waals surface area contributed by atoms with Crippen LogP contribution in [0.2, 0.25) is 0 Å². The summed E-state index contributed by atoms with van der Waals surface area (Å²) >= 11 is 0. The highest BCUT2D eigenvalue weighted by Crippen LogP contribution is 2.22. The van der Waals surface area contributed by atoms with Crippen LogP contribution in [0.15, 0.2) is 85.1 Å². The Hall–Kier alpha value is -4.53. The minimum absolute atomic E-state index is 0.102. The van der Waals surface area contributed by atoms with E-state index in [2.05, 4.69) is 20.3 Å². The number of carboxylic acid groups (broad SMARTS) is 1. The van der Waals surface area contributed by atoms with Crippen LogP contribution in [0.5, 0.6) is 0 Å². The van der Waals surface area contributed by atoms with Gasteiger partial charge in [0.2, 0.25) is 15.9 Å². The molecule has 2 heterocycles. The first-order valence-electron chi connectivity index (χ1n) is 14.0. The van der Waals surface area contributed by atoms with E-state index in [0.717, 1.165) is 5.56 Å². The Morgan fingerprint density at radius 1 is 0.977 bits per heavy atom. The highest BCUT2D eigenvalue weighted by Gasteiger charge is 2.37. The number of sulfonamides is 1. The molecule has 1 aromatic heterocycles. The van der Waals surface area contributed by atoms with E-state index in [1.807, 2.05) is 36.4 Å². The summed E-state index contributed by atoms with van der Waals surface area (Å²) < 4.78 is 38.4. The van der Waals surface area contributed by atoms with Crippen molar-refractivity contribution in [3.8, 4) is 0 Å². The summed E-state index contributed by atoms with van der Waals surface area (Å²) in [4.78, 5) is 43.0. The number of aromatic nitrogens is 1. The van der Waals surface area contributed by atoms with Gasteiger partial charge in [-0.15, -0.1) is 0 Å². The largest absolute Gasteiger partial charge is 0.480 e. The number of carboxylic acids is 1. The summed E-state index contributed by atoms with van der Waals surface area (Å²) in [6.45, 7) is -0.254. The van der Waals surface area contributed by atoms with E-state index >= 15 is 0 Å². The molecule has 13 nitrogen and oxygen atoms in total. The summed E-state index contributed by atoms with van der Waals surface area (Å²) in [5.74, 6) is -1.84. The molecule has 1 saturated heterocycles. The van der Waals surface area contributed by atoms with Crippen LogP contribution >= 0.6 is 0 Å². The van der Waals surface area contributed by atoms with Crippen LogP contribution in [0.25, 0.3) is 0 Å². The Kier molecular flexibility index (Phi) is 11.6. The highest BCUT2D eigenvalue weighted by molar-refractivity contribution is 7.88. The third kappa shape index (κ3) is 10.3. The van der Waals surface area contributed by atoms with Gasteiger partial charge in [-0.05, 0) is 29.7 Å². The number of rotatable bonds is 15. The molecule has 0 radical (unpaired) electrons. The maximum absolute atomic E-state index is 13.0. The Balaban J connectivity index is 1.28. The number of likely N-dealkylation sites (tertiary alicyclic amines) is 1. The van der Waals surface area contributed by atoms with Gasteiger partial charge in [0.1, 0.15) is 25.1 Å². The molecule has 2 amide bonds. The Morgan fingerprint density at radius 3 is 2.32 bits per heavy atom. The van der Waals surface area contributed by atoms with Gasteiger partial charge < -0.3 is 30.1 Å². The minimum Gasteiger partial charge on any atom is -0.480 e. The Morgan fingerprint density at radius 2 is 1.66 bits per heavy atom. The number of amides is 2. The summed E-state index contributed by atoms with van der Waals surface area (Å²) in [5, 5.41) is 15.1. The molecule has 0 spiro atoms. The predicted octanol–water partition coefficient (Wildman–Crippen LogP) is 1.98. The lowest BCUT2D eigenvalue weighted by Gasteiger charge is -2.24. The molecule has 14 heteroatoms. The third-order valence-corrected chi connectivity index (χ3v) is 8.13. The SMILES string of the molecule is O=C(COC1C[C@@H](CNc2ccccn2)N(C(=O)OCc2ccccc2)C1)NCC(NS(=O)(=O)Cc1ccccc1)C(=O)O. The van der Waals surface area contributed by atoms with Crippen LogP contribution in [0, 0.1) is 0 Å². The molecule has 44 heavy (non-hydrogen) atoms. The molecule has 3 aromatic rings. The van der Waals surface area contributed by atoms with E-state index in [1.54, 1.807) is 53.6 Å². The molecule has 1 aliphatic rings. The van der Waals surface area contributed by atoms with Crippen molar-refractivity contribution in [3.05, 3.63) is 96.2 Å². The molecule has 2 aromatic carbocycles. The molecule has 1 fully saturated rings. The van der Waals surface area contributed by atoms with Crippen molar-refractivity contribution in [2.45, 2.75) is 37.0 Å². The van der Waals surface area contributed by atoms with Gasteiger partial charge in [-0.3, -0.25) is 9.59 Å². The summed E-state index contributed by atoms with van der Waals surface area (Å²) in [5.41, 5.74) is 1.33. The topological polar surface area (TPSA) is 176 Å². The Labute approximate surface area is 255 Å². The normalized spacial score (nSPS) is 17.0.